The molecule has 0 atom stereocenters. The third-order valence-electron chi connectivity index (χ3n) is 2.74. The van der Waals surface area contributed by atoms with Crippen LogP contribution in [-0.4, -0.2) is 25.2 Å². The monoisotopic (exact) mass is 231 g/mol. The van der Waals surface area contributed by atoms with Crippen molar-refractivity contribution in [3.63, 3.8) is 0 Å². The zero-order chi connectivity index (χ0) is 12.3. The normalized spacial score (nSPS) is 17.1. The van der Waals surface area contributed by atoms with Crippen LogP contribution in [0.4, 0.5) is 13.2 Å². The molecule has 0 spiro atoms. The number of hydrogen-bond donors (Lipinski definition) is 0. The molecule has 0 aliphatic heterocycles. The summed E-state index contributed by atoms with van der Waals surface area (Å²) in [5.41, 5.74) is 2.47. The van der Waals surface area contributed by atoms with Crippen molar-refractivity contribution in [2.45, 2.75) is 31.9 Å². The topological polar surface area (TPSA) is 3.24 Å². The van der Waals surface area contributed by atoms with Gasteiger partial charge in [-0.2, -0.15) is 13.2 Å². The molecule has 4 heteroatoms. The molecular weight excluding hydrogens is 215 g/mol. The second-order valence-electron chi connectivity index (χ2n) is 4.08. The maximum atomic E-state index is 12.7. The second kappa shape index (κ2) is 4.79. The summed E-state index contributed by atoms with van der Waals surface area (Å²) in [6, 6.07) is 0. The van der Waals surface area contributed by atoms with Crippen LogP contribution in [0.15, 0.2) is 29.2 Å². The van der Waals surface area contributed by atoms with Crippen molar-refractivity contribution in [2.24, 2.45) is 0 Å². The van der Waals surface area contributed by atoms with Crippen molar-refractivity contribution in [3.05, 3.63) is 29.2 Å². The number of hydrogen-bond acceptors (Lipinski definition) is 1. The predicted octanol–water partition coefficient (Wildman–Crippen LogP) is 3.65. The SMILES string of the molecule is C=C=C(C1=C(N(C)C)CCCC1)C(F)(F)F. The minimum atomic E-state index is -4.35. The van der Waals surface area contributed by atoms with Gasteiger partial charge in [-0.3, -0.25) is 0 Å². The first-order valence-electron chi connectivity index (χ1n) is 5.25. The molecule has 1 rings (SSSR count). The number of halogens is 3. The van der Waals surface area contributed by atoms with Crippen LogP contribution >= 0.6 is 0 Å². The zero-order valence-electron chi connectivity index (χ0n) is 9.62. The molecule has 90 valence electrons. The van der Waals surface area contributed by atoms with Crippen molar-refractivity contribution in [1.82, 2.24) is 4.90 Å². The molecule has 0 N–H and O–H groups in total. The lowest BCUT2D eigenvalue weighted by Crippen LogP contribution is -2.22. The van der Waals surface area contributed by atoms with Gasteiger partial charge >= 0.3 is 6.18 Å². The van der Waals surface area contributed by atoms with E-state index in [9.17, 15) is 13.2 Å². The fourth-order valence-corrected chi connectivity index (χ4v) is 2.03. The quantitative estimate of drug-likeness (QED) is 0.656. The largest absolute Gasteiger partial charge is 0.423 e. The molecule has 1 aliphatic rings. The summed E-state index contributed by atoms with van der Waals surface area (Å²) in [6.45, 7) is 3.16. The van der Waals surface area contributed by atoms with Gasteiger partial charge in [-0.15, -0.1) is 5.73 Å². The molecule has 1 nitrogen and oxygen atoms in total. The number of allylic oxidation sites excluding steroid dienone is 3. The Morgan fingerprint density at radius 3 is 2.25 bits per heavy atom. The van der Waals surface area contributed by atoms with Gasteiger partial charge in [-0.1, -0.05) is 6.58 Å². The van der Waals surface area contributed by atoms with Crippen LogP contribution in [0, 0.1) is 0 Å². The van der Waals surface area contributed by atoms with Crippen molar-refractivity contribution in [1.29, 1.82) is 0 Å². The molecule has 0 fully saturated rings. The minimum Gasteiger partial charge on any atom is -0.381 e. The minimum absolute atomic E-state index is 0.360. The summed E-state index contributed by atoms with van der Waals surface area (Å²) >= 11 is 0. The maximum Gasteiger partial charge on any atom is 0.423 e. The van der Waals surface area contributed by atoms with E-state index in [0.717, 1.165) is 18.5 Å². The van der Waals surface area contributed by atoms with E-state index >= 15 is 0 Å². The molecule has 0 bridgehead atoms. The highest BCUT2D eigenvalue weighted by molar-refractivity contribution is 5.38. The first-order valence-corrected chi connectivity index (χ1v) is 5.25. The van der Waals surface area contributed by atoms with E-state index in [0.29, 0.717) is 18.4 Å². The third-order valence-corrected chi connectivity index (χ3v) is 2.74. The number of alkyl halides is 3. The van der Waals surface area contributed by atoms with Gasteiger partial charge in [0.1, 0.15) is 5.57 Å². The summed E-state index contributed by atoms with van der Waals surface area (Å²) in [5.74, 6) is 0. The molecule has 1 aliphatic carbocycles. The fraction of sp³-hybridized carbons (Fsp3) is 0.583. The number of nitrogens with zero attached hydrogens (tertiary/aromatic N) is 1. The van der Waals surface area contributed by atoms with Crippen LogP contribution in [-0.2, 0) is 0 Å². The van der Waals surface area contributed by atoms with Crippen LogP contribution in [0.2, 0.25) is 0 Å². The van der Waals surface area contributed by atoms with Gasteiger partial charge in [-0.25, -0.2) is 0 Å². The zero-order valence-corrected chi connectivity index (χ0v) is 9.62. The summed E-state index contributed by atoms with van der Waals surface area (Å²) in [5, 5.41) is 0. The molecule has 0 saturated heterocycles. The van der Waals surface area contributed by atoms with Gasteiger partial charge < -0.3 is 4.90 Å². The Hall–Kier alpha value is -1.15. The van der Waals surface area contributed by atoms with Crippen molar-refractivity contribution >= 4 is 0 Å². The smallest absolute Gasteiger partial charge is 0.381 e. The number of rotatable bonds is 2. The summed E-state index contributed by atoms with van der Waals surface area (Å²) in [4.78, 5) is 1.76. The molecule has 0 saturated carbocycles. The van der Waals surface area contributed by atoms with Gasteiger partial charge in [0, 0.05) is 19.8 Å². The van der Waals surface area contributed by atoms with E-state index in [1.807, 2.05) is 0 Å². The molecule has 0 amide bonds. The highest BCUT2D eigenvalue weighted by Gasteiger charge is 2.37. The molecule has 0 aromatic heterocycles. The Morgan fingerprint density at radius 2 is 1.81 bits per heavy atom. The van der Waals surface area contributed by atoms with E-state index in [1.165, 1.54) is 0 Å². The fourth-order valence-electron chi connectivity index (χ4n) is 2.03. The standard InChI is InChI=1S/C12H16F3N/c1-4-10(12(13,14)15)9-7-5-6-8-11(9)16(2)3/h1,5-8H2,2-3H3. The van der Waals surface area contributed by atoms with Gasteiger partial charge in [0.05, 0.1) is 0 Å². The molecule has 0 unspecified atom stereocenters. The van der Waals surface area contributed by atoms with Crippen molar-refractivity contribution in [3.8, 4) is 0 Å². The lowest BCUT2D eigenvalue weighted by atomic mass is 9.90. The van der Waals surface area contributed by atoms with Crippen molar-refractivity contribution in [2.75, 3.05) is 14.1 Å². The van der Waals surface area contributed by atoms with E-state index in [2.05, 4.69) is 12.3 Å². The molecule has 0 aromatic carbocycles. The first-order chi connectivity index (χ1) is 7.38. The van der Waals surface area contributed by atoms with Crippen molar-refractivity contribution < 1.29 is 13.2 Å². The average molecular weight is 231 g/mol. The van der Waals surface area contributed by atoms with Crippen LogP contribution in [0.3, 0.4) is 0 Å². The van der Waals surface area contributed by atoms with Gasteiger partial charge in [0.15, 0.2) is 0 Å². The van der Waals surface area contributed by atoms with Crippen LogP contribution < -0.4 is 0 Å². The third kappa shape index (κ3) is 2.70. The van der Waals surface area contributed by atoms with Crippen LogP contribution in [0.5, 0.6) is 0 Å². The first kappa shape index (κ1) is 12.9. The average Bonchev–Trinajstić information content (AvgIpc) is 2.17. The van der Waals surface area contributed by atoms with E-state index in [-0.39, 0.29) is 0 Å². The predicted molar refractivity (Wildman–Crippen MR) is 57.9 cm³/mol. The molecule has 0 heterocycles. The van der Waals surface area contributed by atoms with Crippen LogP contribution in [0.25, 0.3) is 0 Å². The molecule has 0 radical (unpaired) electrons. The summed E-state index contributed by atoms with van der Waals surface area (Å²) < 4.78 is 38.2. The lowest BCUT2D eigenvalue weighted by molar-refractivity contribution is -0.0897. The molecule has 0 aromatic rings. The Kier molecular flexibility index (Phi) is 3.87. The Labute approximate surface area is 93.9 Å². The Morgan fingerprint density at radius 1 is 1.25 bits per heavy atom. The second-order valence-corrected chi connectivity index (χ2v) is 4.08. The Balaban J connectivity index is 3.21. The molecular formula is C12H16F3N. The van der Waals surface area contributed by atoms with Gasteiger partial charge in [-0.05, 0) is 31.3 Å². The summed E-state index contributed by atoms with van der Waals surface area (Å²) in [6.07, 6.45) is -1.45. The molecule has 16 heavy (non-hydrogen) atoms. The van der Waals surface area contributed by atoms with E-state index < -0.39 is 11.7 Å². The highest BCUT2D eigenvalue weighted by Crippen LogP contribution is 2.38. The lowest BCUT2D eigenvalue weighted by Gasteiger charge is -2.27. The van der Waals surface area contributed by atoms with E-state index in [1.54, 1.807) is 19.0 Å². The summed E-state index contributed by atoms with van der Waals surface area (Å²) in [7, 11) is 3.55. The van der Waals surface area contributed by atoms with Gasteiger partial charge in [0.25, 0.3) is 0 Å². The van der Waals surface area contributed by atoms with Gasteiger partial charge in [0.2, 0.25) is 0 Å². The Bertz CT molecular complexity index is 344. The van der Waals surface area contributed by atoms with Crippen LogP contribution in [0.1, 0.15) is 25.7 Å². The highest BCUT2D eigenvalue weighted by atomic mass is 19.4. The maximum absolute atomic E-state index is 12.7. The van der Waals surface area contributed by atoms with E-state index in [4.69, 9.17) is 0 Å².